The highest BCUT2D eigenvalue weighted by molar-refractivity contribution is 5.37. The van der Waals surface area contributed by atoms with E-state index in [2.05, 4.69) is 67.7 Å². The number of hydrogen-bond acceptors (Lipinski definition) is 5. The van der Waals surface area contributed by atoms with Crippen molar-refractivity contribution in [2.45, 2.75) is 59.3 Å². The lowest BCUT2D eigenvalue weighted by Crippen LogP contribution is -2.56. The van der Waals surface area contributed by atoms with E-state index >= 15 is 0 Å². The molecule has 0 aliphatic carbocycles. The molecule has 5 nitrogen and oxygen atoms in total. The van der Waals surface area contributed by atoms with Crippen LogP contribution in [0.3, 0.4) is 0 Å². The molecule has 0 bridgehead atoms. The predicted octanol–water partition coefficient (Wildman–Crippen LogP) is 4.07. The zero-order valence-electron chi connectivity index (χ0n) is 16.5. The molecule has 0 saturated carbocycles. The van der Waals surface area contributed by atoms with E-state index in [1.807, 2.05) is 0 Å². The number of morpholine rings is 1. The fraction of sp³-hybridized carbons (Fsp3) is 0.524. The third-order valence-corrected chi connectivity index (χ3v) is 5.13. The third kappa shape index (κ3) is 3.98. The van der Waals surface area contributed by atoms with E-state index in [1.54, 1.807) is 12.4 Å². The molecule has 1 aromatic heterocycles. The molecule has 140 valence electrons. The van der Waals surface area contributed by atoms with Crippen molar-refractivity contribution in [3.63, 3.8) is 0 Å². The number of rotatable bonds is 5. The standard InChI is InChI=1S/C21H29N3O2/c1-6-17-12-24(21(4,5)14-26-17)20-22-10-18(11-23-20)25-13-19-15(2)8-7-9-16(19)3/h7-11,17H,6,12-14H2,1-5H3/t17-/m1/s1. The summed E-state index contributed by atoms with van der Waals surface area (Å²) in [6.07, 6.45) is 4.75. The van der Waals surface area contributed by atoms with Gasteiger partial charge in [-0.2, -0.15) is 0 Å². The Bertz CT molecular complexity index is 723. The van der Waals surface area contributed by atoms with Gasteiger partial charge in [-0.3, -0.25) is 0 Å². The second-order valence-electron chi connectivity index (χ2n) is 7.64. The highest BCUT2D eigenvalue weighted by atomic mass is 16.5. The van der Waals surface area contributed by atoms with Crippen LogP contribution < -0.4 is 9.64 Å². The summed E-state index contributed by atoms with van der Waals surface area (Å²) >= 11 is 0. The van der Waals surface area contributed by atoms with Crippen LogP contribution in [0, 0.1) is 13.8 Å². The first-order valence-corrected chi connectivity index (χ1v) is 9.30. The largest absolute Gasteiger partial charge is 0.486 e. The Morgan fingerprint density at radius 3 is 2.46 bits per heavy atom. The Kier molecular flexibility index (Phi) is 5.47. The Morgan fingerprint density at radius 1 is 1.19 bits per heavy atom. The van der Waals surface area contributed by atoms with Crippen LogP contribution in [0.15, 0.2) is 30.6 Å². The van der Waals surface area contributed by atoms with E-state index in [1.165, 1.54) is 16.7 Å². The Labute approximate surface area is 156 Å². The molecular formula is C21H29N3O2. The van der Waals surface area contributed by atoms with E-state index in [-0.39, 0.29) is 11.6 Å². The van der Waals surface area contributed by atoms with Crippen molar-refractivity contribution in [1.82, 2.24) is 9.97 Å². The summed E-state index contributed by atoms with van der Waals surface area (Å²) in [5.41, 5.74) is 3.58. The average molecular weight is 355 g/mol. The summed E-state index contributed by atoms with van der Waals surface area (Å²) in [5.74, 6) is 1.42. The Balaban J connectivity index is 1.70. The van der Waals surface area contributed by atoms with Crippen LogP contribution in [-0.2, 0) is 11.3 Å². The molecule has 1 fully saturated rings. The molecule has 1 atom stereocenters. The highest BCUT2D eigenvalue weighted by Crippen LogP contribution is 2.27. The van der Waals surface area contributed by atoms with Crippen LogP contribution in [0.4, 0.5) is 5.95 Å². The fourth-order valence-corrected chi connectivity index (χ4v) is 3.26. The van der Waals surface area contributed by atoms with Crippen molar-refractivity contribution >= 4 is 5.95 Å². The lowest BCUT2D eigenvalue weighted by molar-refractivity contribution is -0.00575. The first-order valence-electron chi connectivity index (χ1n) is 9.30. The molecule has 1 saturated heterocycles. The molecule has 3 rings (SSSR count). The molecule has 0 radical (unpaired) electrons. The lowest BCUT2D eigenvalue weighted by atomic mass is 10.0. The number of nitrogens with zero attached hydrogens (tertiary/aromatic N) is 3. The smallest absolute Gasteiger partial charge is 0.226 e. The summed E-state index contributed by atoms with van der Waals surface area (Å²) in [6.45, 7) is 12.7. The Morgan fingerprint density at radius 2 is 1.85 bits per heavy atom. The van der Waals surface area contributed by atoms with Gasteiger partial charge in [-0.05, 0) is 50.8 Å². The van der Waals surface area contributed by atoms with Crippen LogP contribution in [0.5, 0.6) is 5.75 Å². The fourth-order valence-electron chi connectivity index (χ4n) is 3.26. The third-order valence-electron chi connectivity index (χ3n) is 5.13. The van der Waals surface area contributed by atoms with E-state index < -0.39 is 0 Å². The number of aromatic nitrogens is 2. The van der Waals surface area contributed by atoms with Crippen LogP contribution in [0.1, 0.15) is 43.9 Å². The van der Waals surface area contributed by atoms with Crippen molar-refractivity contribution in [2.75, 3.05) is 18.1 Å². The van der Waals surface area contributed by atoms with Gasteiger partial charge < -0.3 is 14.4 Å². The molecule has 0 unspecified atom stereocenters. The molecule has 0 amide bonds. The zero-order chi connectivity index (χ0) is 18.7. The second-order valence-corrected chi connectivity index (χ2v) is 7.64. The van der Waals surface area contributed by atoms with E-state index in [0.717, 1.165) is 18.9 Å². The minimum absolute atomic E-state index is 0.119. The van der Waals surface area contributed by atoms with Crippen LogP contribution >= 0.6 is 0 Å². The van der Waals surface area contributed by atoms with Gasteiger partial charge in [0.15, 0.2) is 5.75 Å². The molecular weight excluding hydrogens is 326 g/mol. The summed E-state index contributed by atoms with van der Waals surface area (Å²) in [6, 6.07) is 6.28. The zero-order valence-corrected chi connectivity index (χ0v) is 16.5. The first-order chi connectivity index (χ1) is 12.4. The number of benzene rings is 1. The lowest BCUT2D eigenvalue weighted by Gasteiger charge is -2.45. The van der Waals surface area contributed by atoms with Gasteiger partial charge in [-0.15, -0.1) is 0 Å². The molecule has 2 heterocycles. The van der Waals surface area contributed by atoms with Crippen molar-refractivity contribution < 1.29 is 9.47 Å². The van der Waals surface area contributed by atoms with Crippen LogP contribution in [0.25, 0.3) is 0 Å². The van der Waals surface area contributed by atoms with Gasteiger partial charge in [0.2, 0.25) is 5.95 Å². The predicted molar refractivity (Wildman–Crippen MR) is 104 cm³/mol. The van der Waals surface area contributed by atoms with Crippen LogP contribution in [-0.4, -0.2) is 34.8 Å². The van der Waals surface area contributed by atoms with E-state index in [0.29, 0.717) is 19.0 Å². The number of aryl methyl sites for hydroxylation is 2. The quantitative estimate of drug-likeness (QED) is 0.809. The molecule has 26 heavy (non-hydrogen) atoms. The number of ether oxygens (including phenoxy) is 2. The van der Waals surface area contributed by atoms with Crippen LogP contribution in [0.2, 0.25) is 0 Å². The van der Waals surface area contributed by atoms with Gasteiger partial charge in [0.05, 0.1) is 30.6 Å². The highest BCUT2D eigenvalue weighted by Gasteiger charge is 2.36. The maximum atomic E-state index is 5.92. The second kappa shape index (κ2) is 7.62. The van der Waals surface area contributed by atoms with Gasteiger partial charge in [-0.1, -0.05) is 25.1 Å². The van der Waals surface area contributed by atoms with Gasteiger partial charge in [0, 0.05) is 6.54 Å². The minimum Gasteiger partial charge on any atom is -0.486 e. The maximum absolute atomic E-state index is 5.92. The summed E-state index contributed by atoms with van der Waals surface area (Å²) in [4.78, 5) is 11.4. The van der Waals surface area contributed by atoms with Gasteiger partial charge in [-0.25, -0.2) is 9.97 Å². The van der Waals surface area contributed by atoms with Crippen molar-refractivity contribution in [3.05, 3.63) is 47.3 Å². The summed E-state index contributed by atoms with van der Waals surface area (Å²) in [5, 5.41) is 0. The number of hydrogen-bond donors (Lipinski definition) is 0. The molecule has 1 aromatic carbocycles. The topological polar surface area (TPSA) is 47.5 Å². The van der Waals surface area contributed by atoms with Gasteiger partial charge in [0.1, 0.15) is 6.61 Å². The normalized spacial score (nSPS) is 19.4. The first kappa shape index (κ1) is 18.6. The molecule has 0 N–H and O–H groups in total. The molecule has 0 spiro atoms. The van der Waals surface area contributed by atoms with Crippen molar-refractivity contribution in [2.24, 2.45) is 0 Å². The van der Waals surface area contributed by atoms with Gasteiger partial charge in [0.25, 0.3) is 0 Å². The average Bonchev–Trinajstić information content (AvgIpc) is 2.62. The van der Waals surface area contributed by atoms with E-state index in [4.69, 9.17) is 9.47 Å². The summed E-state index contributed by atoms with van der Waals surface area (Å²) < 4.78 is 11.8. The van der Waals surface area contributed by atoms with E-state index in [9.17, 15) is 0 Å². The van der Waals surface area contributed by atoms with Crippen molar-refractivity contribution in [1.29, 1.82) is 0 Å². The molecule has 5 heteroatoms. The Hall–Kier alpha value is -2.14. The molecule has 1 aliphatic heterocycles. The SMILES string of the molecule is CC[C@@H]1CN(c2ncc(OCc3c(C)cccc3C)cn2)C(C)(C)CO1. The monoisotopic (exact) mass is 355 g/mol. The summed E-state index contributed by atoms with van der Waals surface area (Å²) in [7, 11) is 0. The minimum atomic E-state index is -0.119. The number of anilines is 1. The maximum Gasteiger partial charge on any atom is 0.226 e. The molecule has 2 aromatic rings. The van der Waals surface area contributed by atoms with Gasteiger partial charge >= 0.3 is 0 Å². The van der Waals surface area contributed by atoms with Crippen molar-refractivity contribution in [3.8, 4) is 5.75 Å². The molecule has 1 aliphatic rings.